The Labute approximate surface area is 176 Å². The van der Waals surface area contributed by atoms with E-state index in [0.717, 1.165) is 4.57 Å². The third-order valence-corrected chi connectivity index (χ3v) is 6.81. The van der Waals surface area contributed by atoms with Crippen molar-refractivity contribution < 1.29 is 31.6 Å². The Morgan fingerprint density at radius 2 is 1.71 bits per heavy atom. The van der Waals surface area contributed by atoms with Crippen molar-refractivity contribution in [2.24, 2.45) is 5.41 Å². The van der Waals surface area contributed by atoms with Gasteiger partial charge in [-0.05, 0) is 33.8 Å². The molecule has 3 aliphatic heterocycles. The number of aromatic nitrogens is 4. The van der Waals surface area contributed by atoms with Crippen LogP contribution in [-0.4, -0.2) is 57.3 Å². The van der Waals surface area contributed by atoms with Crippen molar-refractivity contribution in [1.29, 1.82) is 0 Å². The number of hydrogen-bond donors (Lipinski definition) is 0. The summed E-state index contributed by atoms with van der Waals surface area (Å²) in [7, 11) is -0.656. The molecule has 31 heavy (non-hydrogen) atoms. The second-order valence-electron chi connectivity index (χ2n) is 9.72. The van der Waals surface area contributed by atoms with Crippen LogP contribution < -0.4 is 5.46 Å². The number of rotatable bonds is 3. The van der Waals surface area contributed by atoms with Crippen LogP contribution >= 0.6 is 0 Å². The van der Waals surface area contributed by atoms with Crippen molar-refractivity contribution in [3.8, 4) is 11.5 Å². The van der Waals surface area contributed by atoms with E-state index in [1.807, 2.05) is 38.5 Å². The van der Waals surface area contributed by atoms with Gasteiger partial charge in [-0.15, -0.1) is 10.2 Å². The fraction of sp³-hybridized carbons (Fsp3) is 0.684. The lowest BCUT2D eigenvalue weighted by Gasteiger charge is -2.41. The fourth-order valence-electron chi connectivity index (χ4n) is 4.27. The fourth-order valence-corrected chi connectivity index (χ4v) is 4.27. The maximum Gasteiger partial charge on any atom is 0.496 e. The maximum absolute atomic E-state index is 14.3. The summed E-state index contributed by atoms with van der Waals surface area (Å²) in [6, 6.07) is 1.74. The molecular formula is C19H23BF4N4O3. The van der Waals surface area contributed by atoms with Gasteiger partial charge in [-0.1, -0.05) is 0 Å². The summed E-state index contributed by atoms with van der Waals surface area (Å²) < 4.78 is 75.3. The molecule has 2 saturated heterocycles. The van der Waals surface area contributed by atoms with Crippen LogP contribution in [0.1, 0.15) is 33.5 Å². The van der Waals surface area contributed by atoms with Crippen LogP contribution in [0.4, 0.5) is 17.6 Å². The zero-order valence-corrected chi connectivity index (χ0v) is 17.7. The molecule has 0 unspecified atom stereocenters. The highest BCUT2D eigenvalue weighted by Crippen LogP contribution is 2.42. The molecule has 5 rings (SSSR count). The van der Waals surface area contributed by atoms with E-state index in [-0.39, 0.29) is 12.4 Å². The van der Waals surface area contributed by atoms with Crippen LogP contribution in [0.15, 0.2) is 12.3 Å². The molecule has 7 nitrogen and oxygen atoms in total. The predicted molar refractivity (Wildman–Crippen MR) is 102 cm³/mol. The van der Waals surface area contributed by atoms with Crippen molar-refractivity contribution in [2.45, 2.75) is 64.3 Å². The Hall–Kier alpha value is -1.92. The van der Waals surface area contributed by atoms with Crippen molar-refractivity contribution >= 4 is 12.6 Å². The van der Waals surface area contributed by atoms with E-state index in [1.165, 1.54) is 0 Å². The predicted octanol–water partition coefficient (Wildman–Crippen LogP) is 2.43. The third-order valence-electron chi connectivity index (χ3n) is 6.81. The summed E-state index contributed by atoms with van der Waals surface area (Å²) in [4.78, 5) is 0. The molecule has 168 valence electrons. The first kappa shape index (κ1) is 21.0. The standard InChI is InChI=1S/C19H23BF4N4O3/c1-16(2)17(3,4)31-20(30-16)11-5-12-13-25-26-15(19(23,24)14(21)22)28(13)8-18(9-29-10-18)7-27(12)6-11/h5-6,14H,7-10H2,1-4H3. The molecule has 0 atom stereocenters. The molecule has 0 bridgehead atoms. The van der Waals surface area contributed by atoms with Gasteiger partial charge in [-0.25, -0.2) is 8.78 Å². The average Bonchev–Trinajstić information content (AvgIpc) is 3.25. The molecule has 2 aromatic rings. The van der Waals surface area contributed by atoms with Crippen LogP contribution in [0.5, 0.6) is 0 Å². The minimum atomic E-state index is -4.41. The molecule has 0 aliphatic carbocycles. The molecule has 3 aliphatic rings. The summed E-state index contributed by atoms with van der Waals surface area (Å²) in [6.07, 6.45) is -2.04. The van der Waals surface area contributed by atoms with Gasteiger partial charge >= 0.3 is 19.5 Å². The summed E-state index contributed by atoms with van der Waals surface area (Å²) in [5.74, 6) is -5.33. The number of nitrogens with zero attached hydrogens (tertiary/aromatic N) is 4. The highest BCUT2D eigenvalue weighted by Gasteiger charge is 2.54. The summed E-state index contributed by atoms with van der Waals surface area (Å²) in [6.45, 7) is 8.93. The van der Waals surface area contributed by atoms with Crippen LogP contribution in [0.3, 0.4) is 0 Å². The smallest absolute Gasteiger partial charge is 0.399 e. The molecule has 0 saturated carbocycles. The van der Waals surface area contributed by atoms with Crippen LogP contribution in [-0.2, 0) is 33.1 Å². The molecule has 12 heteroatoms. The second-order valence-corrected chi connectivity index (χ2v) is 9.72. The topological polar surface area (TPSA) is 63.3 Å². The summed E-state index contributed by atoms with van der Waals surface area (Å²) >= 11 is 0. The molecule has 2 fully saturated rings. The largest absolute Gasteiger partial charge is 0.496 e. The van der Waals surface area contributed by atoms with E-state index in [4.69, 9.17) is 14.0 Å². The monoisotopic (exact) mass is 442 g/mol. The van der Waals surface area contributed by atoms with Crippen molar-refractivity contribution in [1.82, 2.24) is 19.3 Å². The zero-order chi connectivity index (χ0) is 22.4. The Morgan fingerprint density at radius 1 is 1.06 bits per heavy atom. The highest BCUT2D eigenvalue weighted by molar-refractivity contribution is 6.62. The van der Waals surface area contributed by atoms with Gasteiger partial charge in [0, 0.05) is 24.7 Å². The van der Waals surface area contributed by atoms with Crippen LogP contribution in [0.2, 0.25) is 0 Å². The van der Waals surface area contributed by atoms with Gasteiger partial charge in [-0.2, -0.15) is 8.78 Å². The van der Waals surface area contributed by atoms with Crippen molar-refractivity contribution in [3.05, 3.63) is 18.1 Å². The molecule has 0 amide bonds. The van der Waals surface area contributed by atoms with E-state index < -0.39 is 41.9 Å². The number of ether oxygens (including phenoxy) is 1. The number of fused-ring (bicyclic) bond motifs is 3. The number of halogens is 4. The van der Waals surface area contributed by atoms with Crippen molar-refractivity contribution in [2.75, 3.05) is 13.2 Å². The van der Waals surface area contributed by atoms with Crippen LogP contribution in [0, 0.1) is 5.41 Å². The zero-order valence-electron chi connectivity index (χ0n) is 17.7. The van der Waals surface area contributed by atoms with Gasteiger partial charge in [0.25, 0.3) is 0 Å². The molecule has 0 radical (unpaired) electrons. The summed E-state index contributed by atoms with van der Waals surface area (Å²) in [5.41, 5.74) is -0.416. The molecular weight excluding hydrogens is 419 g/mol. The SMILES string of the molecule is CC1(C)OB(c2cc3n(c2)CC2(COC2)Cn2c-3nnc2C(F)(F)C(F)F)OC1(C)C. The average molecular weight is 442 g/mol. The van der Waals surface area contributed by atoms with E-state index in [2.05, 4.69) is 10.2 Å². The van der Waals surface area contributed by atoms with E-state index in [1.54, 1.807) is 6.07 Å². The Kier molecular flexibility index (Phi) is 4.27. The van der Waals surface area contributed by atoms with E-state index in [0.29, 0.717) is 30.9 Å². The maximum atomic E-state index is 14.3. The lowest BCUT2D eigenvalue weighted by Crippen LogP contribution is -2.48. The van der Waals surface area contributed by atoms with Gasteiger partial charge in [0.1, 0.15) is 0 Å². The molecule has 0 N–H and O–H groups in total. The Bertz CT molecular complexity index is 1020. The Morgan fingerprint density at radius 3 is 2.26 bits per heavy atom. The highest BCUT2D eigenvalue weighted by atomic mass is 19.3. The van der Waals surface area contributed by atoms with Crippen molar-refractivity contribution in [3.63, 3.8) is 0 Å². The molecule has 2 aromatic heterocycles. The van der Waals surface area contributed by atoms with Gasteiger partial charge in [0.05, 0.1) is 35.5 Å². The number of alkyl halides is 4. The van der Waals surface area contributed by atoms with Gasteiger partial charge in [0.15, 0.2) is 5.82 Å². The lowest BCUT2D eigenvalue weighted by molar-refractivity contribution is -0.150. The Balaban J connectivity index is 1.60. The minimum Gasteiger partial charge on any atom is -0.399 e. The van der Waals surface area contributed by atoms with Crippen LogP contribution in [0.25, 0.3) is 11.5 Å². The van der Waals surface area contributed by atoms with Gasteiger partial charge in [-0.3, -0.25) is 0 Å². The number of hydrogen-bond acceptors (Lipinski definition) is 5. The second kappa shape index (κ2) is 6.32. The third kappa shape index (κ3) is 2.98. The first-order valence-corrected chi connectivity index (χ1v) is 10.1. The van der Waals surface area contributed by atoms with Gasteiger partial charge in [0.2, 0.25) is 5.82 Å². The normalized spacial score (nSPS) is 23.6. The molecule has 0 aromatic carbocycles. The molecule has 5 heterocycles. The first-order valence-electron chi connectivity index (χ1n) is 10.1. The first-order chi connectivity index (χ1) is 14.4. The van der Waals surface area contributed by atoms with E-state index in [9.17, 15) is 17.6 Å². The van der Waals surface area contributed by atoms with E-state index >= 15 is 0 Å². The summed E-state index contributed by atoms with van der Waals surface area (Å²) in [5, 5.41) is 7.36. The van der Waals surface area contributed by atoms with Gasteiger partial charge < -0.3 is 23.2 Å². The quantitative estimate of drug-likeness (QED) is 0.540. The minimum absolute atomic E-state index is 0.0699. The lowest BCUT2D eigenvalue weighted by atomic mass is 9.81. The molecule has 1 spiro atoms.